The SMILES string of the molecule is CS(=O)(=O)c1cc(C(=O)NC2CCSc3ccccc32)ccc1Cl. The minimum absolute atomic E-state index is 0.0311. The molecule has 24 heavy (non-hydrogen) atoms. The van der Waals surface area contributed by atoms with Gasteiger partial charge in [0.05, 0.1) is 16.0 Å². The van der Waals surface area contributed by atoms with Crippen molar-refractivity contribution in [3.8, 4) is 0 Å². The summed E-state index contributed by atoms with van der Waals surface area (Å²) in [5.74, 6) is 0.625. The molecular weight excluding hydrogens is 366 g/mol. The van der Waals surface area contributed by atoms with Gasteiger partial charge in [0, 0.05) is 22.5 Å². The summed E-state index contributed by atoms with van der Waals surface area (Å²) in [6, 6.07) is 12.2. The van der Waals surface area contributed by atoms with Crippen molar-refractivity contribution in [2.75, 3.05) is 12.0 Å². The fourth-order valence-electron chi connectivity index (χ4n) is 2.66. The van der Waals surface area contributed by atoms with Gasteiger partial charge in [-0.25, -0.2) is 8.42 Å². The summed E-state index contributed by atoms with van der Waals surface area (Å²) >= 11 is 7.71. The summed E-state index contributed by atoms with van der Waals surface area (Å²) in [5.41, 5.74) is 1.38. The third kappa shape index (κ3) is 3.61. The van der Waals surface area contributed by atoms with Gasteiger partial charge in [0.2, 0.25) is 0 Å². The maximum absolute atomic E-state index is 12.6. The maximum atomic E-state index is 12.6. The van der Waals surface area contributed by atoms with Gasteiger partial charge in [-0.05, 0) is 36.2 Å². The molecule has 0 saturated heterocycles. The molecule has 1 unspecified atom stereocenters. The molecule has 0 spiro atoms. The number of benzene rings is 2. The average molecular weight is 382 g/mol. The fraction of sp³-hybridized carbons (Fsp3) is 0.235. The van der Waals surface area contributed by atoms with Crippen LogP contribution in [0.5, 0.6) is 0 Å². The molecule has 0 saturated carbocycles. The molecule has 2 aromatic rings. The second-order valence-corrected chi connectivity index (χ2v) is 9.15. The number of hydrogen-bond acceptors (Lipinski definition) is 4. The van der Waals surface area contributed by atoms with Gasteiger partial charge in [-0.1, -0.05) is 29.8 Å². The van der Waals surface area contributed by atoms with E-state index in [0.29, 0.717) is 0 Å². The number of amides is 1. The fourth-order valence-corrected chi connectivity index (χ4v) is 5.09. The van der Waals surface area contributed by atoms with Gasteiger partial charge in [-0.15, -0.1) is 11.8 Å². The Labute approximate surface area is 150 Å². The summed E-state index contributed by atoms with van der Waals surface area (Å²) in [6.45, 7) is 0. The summed E-state index contributed by atoms with van der Waals surface area (Å²) < 4.78 is 23.5. The highest BCUT2D eigenvalue weighted by Gasteiger charge is 2.23. The zero-order valence-electron chi connectivity index (χ0n) is 13.0. The monoisotopic (exact) mass is 381 g/mol. The molecule has 1 heterocycles. The number of halogens is 1. The summed E-state index contributed by atoms with van der Waals surface area (Å²) in [7, 11) is -3.49. The first-order chi connectivity index (χ1) is 11.4. The Morgan fingerprint density at radius 3 is 2.75 bits per heavy atom. The van der Waals surface area contributed by atoms with Crippen LogP contribution in [0.3, 0.4) is 0 Å². The molecule has 0 radical (unpaired) electrons. The van der Waals surface area contributed by atoms with Gasteiger partial charge in [-0.3, -0.25) is 4.79 Å². The van der Waals surface area contributed by atoms with Crippen molar-refractivity contribution in [2.45, 2.75) is 22.3 Å². The van der Waals surface area contributed by atoms with Crippen molar-refractivity contribution >= 4 is 39.1 Å². The van der Waals surface area contributed by atoms with Crippen LogP contribution in [0.1, 0.15) is 28.4 Å². The predicted molar refractivity (Wildman–Crippen MR) is 96.6 cm³/mol. The Morgan fingerprint density at radius 1 is 1.25 bits per heavy atom. The maximum Gasteiger partial charge on any atom is 0.251 e. The lowest BCUT2D eigenvalue weighted by Gasteiger charge is -2.26. The zero-order chi connectivity index (χ0) is 17.3. The number of rotatable bonds is 3. The van der Waals surface area contributed by atoms with Crippen LogP contribution in [0.2, 0.25) is 5.02 Å². The van der Waals surface area contributed by atoms with Crippen LogP contribution >= 0.6 is 23.4 Å². The highest BCUT2D eigenvalue weighted by atomic mass is 35.5. The molecule has 3 rings (SSSR count). The van der Waals surface area contributed by atoms with Crippen molar-refractivity contribution in [1.29, 1.82) is 0 Å². The molecule has 0 bridgehead atoms. The highest BCUT2D eigenvalue weighted by molar-refractivity contribution is 7.99. The van der Waals surface area contributed by atoms with Gasteiger partial charge in [0.1, 0.15) is 0 Å². The summed E-state index contributed by atoms with van der Waals surface area (Å²) in [4.78, 5) is 13.7. The molecule has 2 aromatic carbocycles. The molecular formula is C17H16ClNO3S2. The van der Waals surface area contributed by atoms with Gasteiger partial charge in [0.15, 0.2) is 9.84 Å². The lowest BCUT2D eigenvalue weighted by Crippen LogP contribution is -2.30. The second-order valence-electron chi connectivity index (χ2n) is 5.62. The van der Waals surface area contributed by atoms with Crippen molar-refractivity contribution < 1.29 is 13.2 Å². The molecule has 1 aliphatic rings. The van der Waals surface area contributed by atoms with E-state index in [1.54, 1.807) is 11.8 Å². The third-order valence-electron chi connectivity index (χ3n) is 3.86. The Balaban J connectivity index is 1.87. The topological polar surface area (TPSA) is 63.2 Å². The Hall–Kier alpha value is -1.50. The van der Waals surface area contributed by atoms with Gasteiger partial charge < -0.3 is 5.32 Å². The normalized spacial score (nSPS) is 17.2. The van der Waals surface area contributed by atoms with Crippen LogP contribution in [0.15, 0.2) is 52.3 Å². The van der Waals surface area contributed by atoms with E-state index in [0.717, 1.165) is 24.0 Å². The first-order valence-electron chi connectivity index (χ1n) is 7.38. The predicted octanol–water partition coefficient (Wildman–Crippen LogP) is 3.71. The number of carbonyl (C=O) groups is 1. The number of sulfone groups is 1. The largest absolute Gasteiger partial charge is 0.345 e. The van der Waals surface area contributed by atoms with Crippen LogP contribution in [0.4, 0.5) is 0 Å². The molecule has 1 aliphatic heterocycles. The molecule has 0 fully saturated rings. The Morgan fingerprint density at radius 2 is 2.00 bits per heavy atom. The number of thioether (sulfide) groups is 1. The molecule has 0 aromatic heterocycles. The molecule has 1 amide bonds. The zero-order valence-corrected chi connectivity index (χ0v) is 15.3. The van der Waals surface area contributed by atoms with Crippen LogP contribution in [0, 0.1) is 0 Å². The standard InChI is InChI=1S/C17H16ClNO3S2/c1-24(21,22)16-10-11(6-7-13(16)18)17(20)19-14-8-9-23-15-5-3-2-4-12(14)15/h2-7,10,14H,8-9H2,1H3,(H,19,20). The molecule has 7 heteroatoms. The highest BCUT2D eigenvalue weighted by Crippen LogP contribution is 2.36. The van der Waals surface area contributed by atoms with Crippen molar-refractivity contribution in [3.63, 3.8) is 0 Å². The number of nitrogens with one attached hydrogen (secondary N) is 1. The Kier molecular flexibility index (Phi) is 4.90. The van der Waals surface area contributed by atoms with E-state index >= 15 is 0 Å². The lowest BCUT2D eigenvalue weighted by atomic mass is 10.0. The van der Waals surface area contributed by atoms with E-state index in [1.165, 1.54) is 23.1 Å². The third-order valence-corrected chi connectivity index (χ3v) is 6.56. The number of fused-ring (bicyclic) bond motifs is 1. The summed E-state index contributed by atoms with van der Waals surface area (Å²) in [5, 5.41) is 3.12. The molecule has 1 N–H and O–H groups in total. The van der Waals surface area contributed by atoms with Crippen molar-refractivity contribution in [3.05, 3.63) is 58.6 Å². The lowest BCUT2D eigenvalue weighted by molar-refractivity contribution is 0.0935. The van der Waals surface area contributed by atoms with E-state index in [1.807, 2.05) is 24.3 Å². The van der Waals surface area contributed by atoms with E-state index < -0.39 is 9.84 Å². The second kappa shape index (κ2) is 6.78. The minimum atomic E-state index is -3.49. The quantitative estimate of drug-likeness (QED) is 0.880. The minimum Gasteiger partial charge on any atom is -0.345 e. The van der Waals surface area contributed by atoms with Crippen LogP contribution < -0.4 is 5.32 Å². The van der Waals surface area contributed by atoms with E-state index in [4.69, 9.17) is 11.6 Å². The molecule has 126 valence electrons. The smallest absolute Gasteiger partial charge is 0.251 e. The van der Waals surface area contributed by atoms with Crippen LogP contribution in [-0.2, 0) is 9.84 Å². The average Bonchev–Trinajstić information content (AvgIpc) is 2.54. The molecule has 0 aliphatic carbocycles. The number of carbonyl (C=O) groups excluding carboxylic acids is 1. The van der Waals surface area contributed by atoms with Gasteiger partial charge in [0.25, 0.3) is 5.91 Å². The van der Waals surface area contributed by atoms with Gasteiger partial charge >= 0.3 is 0 Å². The Bertz CT molecular complexity index is 896. The first kappa shape index (κ1) is 17.3. The number of hydrogen-bond donors (Lipinski definition) is 1. The van der Waals surface area contributed by atoms with E-state index in [2.05, 4.69) is 5.32 Å². The molecule has 4 nitrogen and oxygen atoms in total. The van der Waals surface area contributed by atoms with Crippen molar-refractivity contribution in [2.24, 2.45) is 0 Å². The van der Waals surface area contributed by atoms with Crippen LogP contribution in [-0.4, -0.2) is 26.3 Å². The van der Waals surface area contributed by atoms with E-state index in [9.17, 15) is 13.2 Å². The van der Waals surface area contributed by atoms with Gasteiger partial charge in [-0.2, -0.15) is 0 Å². The summed E-state index contributed by atoms with van der Waals surface area (Å²) in [6.07, 6.45) is 1.91. The van der Waals surface area contributed by atoms with Crippen LogP contribution in [0.25, 0.3) is 0 Å². The van der Waals surface area contributed by atoms with Crippen molar-refractivity contribution in [1.82, 2.24) is 5.32 Å². The first-order valence-corrected chi connectivity index (χ1v) is 10.6. The van der Waals surface area contributed by atoms with E-state index in [-0.39, 0.29) is 27.4 Å². The molecule has 1 atom stereocenters.